The van der Waals surface area contributed by atoms with E-state index in [-0.39, 0.29) is 0 Å². The normalized spacial score (nSPS) is 8.85. The van der Waals surface area contributed by atoms with Crippen LogP contribution in [0.2, 0.25) is 0 Å². The molecule has 0 spiro atoms. The van der Waals surface area contributed by atoms with E-state index < -0.39 is 0 Å². The van der Waals surface area contributed by atoms with Crippen molar-refractivity contribution in [2.45, 2.75) is 6.42 Å². The highest BCUT2D eigenvalue weighted by atomic mass is 14.9. The number of hydrogen-bond acceptors (Lipinski definition) is 3. The molecule has 0 atom stereocenters. The molecule has 0 fully saturated rings. The molecule has 1 aromatic rings. The van der Waals surface area contributed by atoms with Crippen molar-refractivity contribution in [2.75, 3.05) is 11.9 Å². The fourth-order valence-corrected chi connectivity index (χ4v) is 0.946. The molecule has 0 saturated carbocycles. The van der Waals surface area contributed by atoms with Gasteiger partial charge in [-0.25, -0.2) is 4.98 Å². The van der Waals surface area contributed by atoms with Crippen LogP contribution in [0.25, 0.3) is 0 Å². The summed E-state index contributed by atoms with van der Waals surface area (Å²) in [4.78, 5) is 3.93. The second kappa shape index (κ2) is 4.94. The van der Waals surface area contributed by atoms with Crippen molar-refractivity contribution in [2.24, 2.45) is 0 Å². The number of anilines is 1. The van der Waals surface area contributed by atoms with Gasteiger partial charge in [-0.1, -0.05) is 6.08 Å². The predicted molar refractivity (Wildman–Crippen MR) is 52.3 cm³/mol. The zero-order valence-corrected chi connectivity index (χ0v) is 7.33. The first-order valence-electron chi connectivity index (χ1n) is 4.08. The average Bonchev–Trinajstić information content (AvgIpc) is 2.19. The molecule has 66 valence electrons. The molecule has 0 amide bonds. The van der Waals surface area contributed by atoms with E-state index in [1.807, 2.05) is 18.2 Å². The lowest BCUT2D eigenvalue weighted by Crippen LogP contribution is -2.02. The molecule has 1 N–H and O–H groups in total. The first kappa shape index (κ1) is 9.27. The molecule has 1 rings (SSSR count). The minimum absolute atomic E-state index is 0.437. The smallest absolute Gasteiger partial charge is 0.163 e. The van der Waals surface area contributed by atoms with Gasteiger partial charge in [0.1, 0.15) is 6.07 Å². The third kappa shape index (κ3) is 2.60. The van der Waals surface area contributed by atoms with Crippen molar-refractivity contribution in [1.29, 1.82) is 5.26 Å². The summed E-state index contributed by atoms with van der Waals surface area (Å²) < 4.78 is 0. The van der Waals surface area contributed by atoms with Crippen molar-refractivity contribution in [3.63, 3.8) is 0 Å². The van der Waals surface area contributed by atoms with Crippen LogP contribution in [0.1, 0.15) is 12.1 Å². The molecule has 0 aliphatic carbocycles. The molecule has 0 bridgehead atoms. The Morgan fingerprint density at radius 3 is 3.23 bits per heavy atom. The second-order valence-corrected chi connectivity index (χ2v) is 2.52. The summed E-state index contributed by atoms with van der Waals surface area (Å²) >= 11 is 0. The van der Waals surface area contributed by atoms with Crippen molar-refractivity contribution < 1.29 is 0 Å². The maximum absolute atomic E-state index is 8.70. The number of hydrogen-bond donors (Lipinski definition) is 1. The predicted octanol–water partition coefficient (Wildman–Crippen LogP) is 1.94. The summed E-state index contributed by atoms with van der Waals surface area (Å²) in [5, 5.41) is 11.8. The van der Waals surface area contributed by atoms with E-state index in [4.69, 9.17) is 5.26 Å². The zero-order valence-electron chi connectivity index (χ0n) is 7.33. The highest BCUT2D eigenvalue weighted by Crippen LogP contribution is 2.09. The zero-order chi connectivity index (χ0) is 9.52. The van der Waals surface area contributed by atoms with Gasteiger partial charge >= 0.3 is 0 Å². The number of nitrogens with one attached hydrogen (secondary N) is 1. The van der Waals surface area contributed by atoms with Gasteiger partial charge < -0.3 is 5.32 Å². The van der Waals surface area contributed by atoms with E-state index >= 15 is 0 Å². The second-order valence-electron chi connectivity index (χ2n) is 2.52. The summed E-state index contributed by atoms with van der Waals surface area (Å²) in [5.41, 5.74) is 1.22. The van der Waals surface area contributed by atoms with Crippen LogP contribution in [0, 0.1) is 11.3 Å². The first-order chi connectivity index (χ1) is 6.38. The Labute approximate surface area is 77.7 Å². The maximum atomic E-state index is 8.70. The van der Waals surface area contributed by atoms with Crippen LogP contribution in [0.15, 0.2) is 31.0 Å². The molecule has 0 radical (unpaired) electrons. The highest BCUT2D eigenvalue weighted by Gasteiger charge is 1.98. The Hall–Kier alpha value is -1.82. The van der Waals surface area contributed by atoms with E-state index in [0.717, 1.165) is 18.7 Å². The van der Waals surface area contributed by atoms with Gasteiger partial charge in [-0.3, -0.25) is 0 Å². The number of aromatic nitrogens is 1. The summed E-state index contributed by atoms with van der Waals surface area (Å²) in [5.74, 6) is 0. The highest BCUT2D eigenvalue weighted by molar-refractivity contribution is 5.53. The SMILES string of the molecule is C=CCCNc1cccnc1C#N. The fraction of sp³-hybridized carbons (Fsp3) is 0.200. The Morgan fingerprint density at radius 2 is 2.54 bits per heavy atom. The number of pyridine rings is 1. The number of nitriles is 1. The monoisotopic (exact) mass is 173 g/mol. The lowest BCUT2D eigenvalue weighted by Gasteiger charge is -2.04. The summed E-state index contributed by atoms with van der Waals surface area (Å²) in [6.45, 7) is 4.40. The lowest BCUT2D eigenvalue weighted by atomic mass is 10.3. The lowest BCUT2D eigenvalue weighted by molar-refractivity contribution is 1.06. The van der Waals surface area contributed by atoms with Gasteiger partial charge in [0.05, 0.1) is 5.69 Å². The molecule has 1 heterocycles. The molecule has 0 saturated heterocycles. The average molecular weight is 173 g/mol. The Balaban J connectivity index is 2.65. The molecule has 3 nitrogen and oxygen atoms in total. The van der Waals surface area contributed by atoms with Crippen molar-refractivity contribution in [3.8, 4) is 6.07 Å². The molecule has 3 heteroatoms. The number of nitrogens with zero attached hydrogens (tertiary/aromatic N) is 2. The standard InChI is InChI=1S/C10H11N3/c1-2-3-6-12-9-5-4-7-13-10(9)8-11/h2,4-5,7,12H,1,3,6H2. The largest absolute Gasteiger partial charge is 0.382 e. The Morgan fingerprint density at radius 1 is 1.69 bits per heavy atom. The van der Waals surface area contributed by atoms with E-state index in [9.17, 15) is 0 Å². The van der Waals surface area contributed by atoms with Crippen LogP contribution < -0.4 is 5.32 Å². The van der Waals surface area contributed by atoms with Gasteiger partial charge in [-0.2, -0.15) is 5.26 Å². The molecule has 13 heavy (non-hydrogen) atoms. The molecule has 0 aliphatic rings. The first-order valence-corrected chi connectivity index (χ1v) is 4.08. The minimum Gasteiger partial charge on any atom is -0.382 e. The molecule has 0 aliphatic heterocycles. The molecule has 0 aromatic carbocycles. The van der Waals surface area contributed by atoms with Crippen molar-refractivity contribution in [3.05, 3.63) is 36.7 Å². The maximum Gasteiger partial charge on any atom is 0.163 e. The van der Waals surface area contributed by atoms with Gasteiger partial charge in [-0.05, 0) is 18.6 Å². The topological polar surface area (TPSA) is 48.7 Å². The van der Waals surface area contributed by atoms with Crippen LogP contribution >= 0.6 is 0 Å². The molecular formula is C10H11N3. The van der Waals surface area contributed by atoms with Gasteiger partial charge in [-0.15, -0.1) is 6.58 Å². The number of rotatable bonds is 4. The van der Waals surface area contributed by atoms with Gasteiger partial charge in [0, 0.05) is 12.7 Å². The van der Waals surface area contributed by atoms with Crippen molar-refractivity contribution >= 4 is 5.69 Å². The molecular weight excluding hydrogens is 162 g/mol. The van der Waals surface area contributed by atoms with Crippen LogP contribution in [0.3, 0.4) is 0 Å². The quantitative estimate of drug-likeness (QED) is 0.559. The van der Waals surface area contributed by atoms with E-state index in [1.54, 1.807) is 12.3 Å². The summed E-state index contributed by atoms with van der Waals surface area (Å²) in [7, 11) is 0. The van der Waals surface area contributed by atoms with Gasteiger partial charge in [0.2, 0.25) is 0 Å². The Bertz CT molecular complexity index is 325. The summed E-state index contributed by atoms with van der Waals surface area (Å²) in [6.07, 6.45) is 4.31. The minimum atomic E-state index is 0.437. The van der Waals surface area contributed by atoms with Crippen LogP contribution in [-0.4, -0.2) is 11.5 Å². The molecule has 0 unspecified atom stereocenters. The molecule has 1 aromatic heterocycles. The van der Waals surface area contributed by atoms with Gasteiger partial charge in [0.25, 0.3) is 0 Å². The van der Waals surface area contributed by atoms with Crippen LogP contribution in [0.4, 0.5) is 5.69 Å². The van der Waals surface area contributed by atoms with Crippen LogP contribution in [-0.2, 0) is 0 Å². The van der Waals surface area contributed by atoms with E-state index in [2.05, 4.69) is 16.9 Å². The Kier molecular flexibility index (Phi) is 3.52. The van der Waals surface area contributed by atoms with E-state index in [0.29, 0.717) is 5.69 Å². The fourth-order valence-electron chi connectivity index (χ4n) is 0.946. The summed E-state index contributed by atoms with van der Waals surface area (Å²) in [6, 6.07) is 5.67. The third-order valence-corrected chi connectivity index (χ3v) is 1.58. The van der Waals surface area contributed by atoms with Crippen LogP contribution in [0.5, 0.6) is 0 Å². The van der Waals surface area contributed by atoms with Crippen molar-refractivity contribution in [1.82, 2.24) is 4.98 Å². The van der Waals surface area contributed by atoms with E-state index in [1.165, 1.54) is 0 Å². The van der Waals surface area contributed by atoms with Gasteiger partial charge in [0.15, 0.2) is 5.69 Å². The third-order valence-electron chi connectivity index (χ3n) is 1.58.